The number of hydrogen-bond acceptors (Lipinski definition) is 3. The summed E-state index contributed by atoms with van der Waals surface area (Å²) in [6, 6.07) is 8.06. The Bertz CT molecular complexity index is 623. The molecule has 0 radical (unpaired) electrons. The zero-order chi connectivity index (χ0) is 18.2. The second-order valence-electron chi connectivity index (χ2n) is 7.39. The van der Waals surface area contributed by atoms with Crippen molar-refractivity contribution in [2.45, 2.75) is 38.6 Å². The van der Waals surface area contributed by atoms with Crippen molar-refractivity contribution in [3.05, 3.63) is 46.5 Å². The summed E-state index contributed by atoms with van der Waals surface area (Å²) in [5.41, 5.74) is 2.77. The number of rotatable bonds is 7. The number of amides is 1. The van der Waals surface area contributed by atoms with Gasteiger partial charge in [-0.2, -0.15) is 0 Å². The standard InChI is InChI=1S/C21H30ClN3O/c22-20-8-4-7-19(15-20)16-24-11-13-25(14-12-24)17-21(26)23-10-9-18-5-2-1-3-6-18/h4-5,7-8,15H,1-3,6,9-14,16-17H2,(H,23,26). The fourth-order valence-corrected chi connectivity index (χ4v) is 3.97. The largest absolute Gasteiger partial charge is 0.355 e. The van der Waals surface area contributed by atoms with E-state index in [0.717, 1.165) is 50.7 Å². The lowest BCUT2D eigenvalue weighted by molar-refractivity contribution is -0.122. The molecule has 5 heteroatoms. The van der Waals surface area contributed by atoms with Crippen LogP contribution >= 0.6 is 11.6 Å². The van der Waals surface area contributed by atoms with E-state index in [1.807, 2.05) is 18.2 Å². The quantitative estimate of drug-likeness (QED) is 0.741. The highest BCUT2D eigenvalue weighted by Gasteiger charge is 2.19. The number of carbonyl (C=O) groups excluding carboxylic acids is 1. The first kappa shape index (κ1) is 19.4. The van der Waals surface area contributed by atoms with E-state index >= 15 is 0 Å². The van der Waals surface area contributed by atoms with Gasteiger partial charge in [-0.15, -0.1) is 0 Å². The van der Waals surface area contributed by atoms with E-state index < -0.39 is 0 Å². The van der Waals surface area contributed by atoms with Gasteiger partial charge in [-0.3, -0.25) is 14.6 Å². The maximum Gasteiger partial charge on any atom is 0.234 e. The fraction of sp³-hybridized carbons (Fsp3) is 0.571. The van der Waals surface area contributed by atoms with Crippen molar-refractivity contribution >= 4 is 17.5 Å². The molecule has 0 aromatic heterocycles. The van der Waals surface area contributed by atoms with Crippen LogP contribution in [0.2, 0.25) is 5.02 Å². The monoisotopic (exact) mass is 375 g/mol. The maximum atomic E-state index is 12.2. The Hall–Kier alpha value is -1.36. The molecular weight excluding hydrogens is 346 g/mol. The Kier molecular flexibility index (Phi) is 7.54. The second kappa shape index (κ2) is 10.1. The Balaban J connectivity index is 1.31. The van der Waals surface area contributed by atoms with Crippen molar-refractivity contribution < 1.29 is 4.79 Å². The van der Waals surface area contributed by atoms with Crippen molar-refractivity contribution in [2.24, 2.45) is 0 Å². The first-order chi connectivity index (χ1) is 12.7. The molecule has 3 rings (SSSR count). The van der Waals surface area contributed by atoms with Crippen LogP contribution < -0.4 is 5.32 Å². The van der Waals surface area contributed by atoms with E-state index in [2.05, 4.69) is 27.3 Å². The smallest absolute Gasteiger partial charge is 0.234 e. The molecule has 0 atom stereocenters. The van der Waals surface area contributed by atoms with Gasteiger partial charge in [-0.25, -0.2) is 0 Å². The predicted octanol–water partition coefficient (Wildman–Crippen LogP) is 3.46. The summed E-state index contributed by atoms with van der Waals surface area (Å²) in [7, 11) is 0. The molecule has 1 saturated heterocycles. The molecule has 1 aromatic carbocycles. The summed E-state index contributed by atoms with van der Waals surface area (Å²) in [5, 5.41) is 3.88. The van der Waals surface area contributed by atoms with Crippen molar-refractivity contribution in [3.8, 4) is 0 Å². The SMILES string of the molecule is O=C(CN1CCN(Cc2cccc(Cl)c2)CC1)NCCC1=CCCCC1. The molecule has 1 fully saturated rings. The van der Waals surface area contributed by atoms with Crippen LogP contribution in [0.25, 0.3) is 0 Å². The molecule has 1 amide bonds. The summed E-state index contributed by atoms with van der Waals surface area (Å²) >= 11 is 6.06. The Morgan fingerprint density at radius 3 is 2.65 bits per heavy atom. The van der Waals surface area contributed by atoms with Gasteiger partial charge in [-0.05, 0) is 49.8 Å². The minimum atomic E-state index is 0.157. The molecule has 0 bridgehead atoms. The third-order valence-electron chi connectivity index (χ3n) is 5.28. The van der Waals surface area contributed by atoms with Crippen molar-refractivity contribution in [1.82, 2.24) is 15.1 Å². The number of nitrogens with zero attached hydrogens (tertiary/aromatic N) is 2. The summed E-state index contributed by atoms with van der Waals surface area (Å²) < 4.78 is 0. The van der Waals surface area contributed by atoms with Crippen LogP contribution in [0.3, 0.4) is 0 Å². The zero-order valence-corrected chi connectivity index (χ0v) is 16.3. The van der Waals surface area contributed by atoms with Crippen LogP contribution in [0.1, 0.15) is 37.7 Å². The van der Waals surface area contributed by atoms with Crippen LogP contribution in [-0.4, -0.2) is 55.0 Å². The summed E-state index contributed by atoms with van der Waals surface area (Å²) in [6.07, 6.45) is 8.42. The average molecular weight is 376 g/mol. The minimum absolute atomic E-state index is 0.157. The molecule has 4 nitrogen and oxygen atoms in total. The van der Waals surface area contributed by atoms with Crippen molar-refractivity contribution in [3.63, 3.8) is 0 Å². The van der Waals surface area contributed by atoms with E-state index in [-0.39, 0.29) is 5.91 Å². The molecule has 26 heavy (non-hydrogen) atoms. The Morgan fingerprint density at radius 2 is 1.92 bits per heavy atom. The highest BCUT2D eigenvalue weighted by molar-refractivity contribution is 6.30. The Morgan fingerprint density at radius 1 is 1.12 bits per heavy atom. The van der Waals surface area contributed by atoms with Gasteiger partial charge in [0, 0.05) is 44.3 Å². The first-order valence-electron chi connectivity index (χ1n) is 9.83. The third kappa shape index (κ3) is 6.42. The number of carbonyl (C=O) groups is 1. The normalized spacial score (nSPS) is 19.2. The van der Waals surface area contributed by atoms with Gasteiger partial charge >= 0.3 is 0 Å². The third-order valence-corrected chi connectivity index (χ3v) is 5.52. The van der Waals surface area contributed by atoms with Gasteiger partial charge in [0.15, 0.2) is 0 Å². The molecule has 1 aliphatic carbocycles. The van der Waals surface area contributed by atoms with E-state index in [1.165, 1.54) is 36.8 Å². The van der Waals surface area contributed by atoms with Crippen LogP contribution in [0.15, 0.2) is 35.9 Å². The number of piperazine rings is 1. The second-order valence-corrected chi connectivity index (χ2v) is 7.83. The van der Waals surface area contributed by atoms with Gasteiger partial charge in [0.2, 0.25) is 5.91 Å². The van der Waals surface area contributed by atoms with Gasteiger partial charge in [0.25, 0.3) is 0 Å². The number of benzene rings is 1. The van der Waals surface area contributed by atoms with E-state index in [4.69, 9.17) is 11.6 Å². The minimum Gasteiger partial charge on any atom is -0.355 e. The van der Waals surface area contributed by atoms with Gasteiger partial charge in [0.05, 0.1) is 6.54 Å². The lowest BCUT2D eigenvalue weighted by atomic mass is 9.97. The van der Waals surface area contributed by atoms with Gasteiger partial charge < -0.3 is 5.32 Å². The van der Waals surface area contributed by atoms with Crippen LogP contribution in [0.5, 0.6) is 0 Å². The fourth-order valence-electron chi connectivity index (χ4n) is 3.75. The summed E-state index contributed by atoms with van der Waals surface area (Å²) in [5.74, 6) is 0.157. The molecule has 1 aromatic rings. The molecule has 142 valence electrons. The number of halogens is 1. The van der Waals surface area contributed by atoms with E-state index in [9.17, 15) is 4.79 Å². The van der Waals surface area contributed by atoms with Crippen LogP contribution in [0, 0.1) is 0 Å². The van der Waals surface area contributed by atoms with Gasteiger partial charge in [-0.1, -0.05) is 35.4 Å². The molecule has 0 spiro atoms. The highest BCUT2D eigenvalue weighted by atomic mass is 35.5. The van der Waals surface area contributed by atoms with Gasteiger partial charge in [0.1, 0.15) is 0 Å². The highest BCUT2D eigenvalue weighted by Crippen LogP contribution is 2.19. The summed E-state index contributed by atoms with van der Waals surface area (Å²) in [4.78, 5) is 16.8. The topological polar surface area (TPSA) is 35.6 Å². The van der Waals surface area contributed by atoms with Crippen LogP contribution in [0.4, 0.5) is 0 Å². The molecule has 0 unspecified atom stereocenters. The molecule has 1 aliphatic heterocycles. The maximum absolute atomic E-state index is 12.2. The lowest BCUT2D eigenvalue weighted by Crippen LogP contribution is -2.49. The van der Waals surface area contributed by atoms with Crippen LogP contribution in [-0.2, 0) is 11.3 Å². The average Bonchev–Trinajstić information content (AvgIpc) is 2.64. The van der Waals surface area contributed by atoms with E-state index in [1.54, 1.807) is 0 Å². The molecule has 0 saturated carbocycles. The van der Waals surface area contributed by atoms with Crippen molar-refractivity contribution in [1.29, 1.82) is 0 Å². The Labute approximate surface area is 162 Å². The number of nitrogens with one attached hydrogen (secondary N) is 1. The molecular formula is C21H30ClN3O. The molecule has 2 aliphatic rings. The predicted molar refractivity (Wildman–Crippen MR) is 107 cm³/mol. The zero-order valence-electron chi connectivity index (χ0n) is 15.6. The first-order valence-corrected chi connectivity index (χ1v) is 10.2. The molecule has 1 heterocycles. The van der Waals surface area contributed by atoms with E-state index in [0.29, 0.717) is 6.54 Å². The molecule has 1 N–H and O–H groups in total. The summed E-state index contributed by atoms with van der Waals surface area (Å²) in [6.45, 7) is 6.09. The van der Waals surface area contributed by atoms with Crippen molar-refractivity contribution in [2.75, 3.05) is 39.3 Å². The number of hydrogen-bond donors (Lipinski definition) is 1. The lowest BCUT2D eigenvalue weighted by Gasteiger charge is -2.34. The number of allylic oxidation sites excluding steroid dienone is 1.